The van der Waals surface area contributed by atoms with Crippen molar-refractivity contribution in [1.29, 1.82) is 0 Å². The van der Waals surface area contributed by atoms with Crippen LogP contribution < -0.4 is 10.6 Å². The van der Waals surface area contributed by atoms with E-state index in [1.54, 1.807) is 6.92 Å². The van der Waals surface area contributed by atoms with E-state index in [0.29, 0.717) is 24.4 Å². The van der Waals surface area contributed by atoms with E-state index in [1.165, 1.54) is 0 Å². The van der Waals surface area contributed by atoms with Gasteiger partial charge in [-0.2, -0.15) is 0 Å². The van der Waals surface area contributed by atoms with Crippen LogP contribution in [0.2, 0.25) is 0 Å². The maximum Gasteiger partial charge on any atom is 0.338 e. The summed E-state index contributed by atoms with van der Waals surface area (Å²) in [5, 5.41) is 5.77. The van der Waals surface area contributed by atoms with E-state index in [-0.39, 0.29) is 12.0 Å². The number of aryl methyl sites for hydroxylation is 2. The fraction of sp³-hybridized carbons (Fsp3) is 0.500. The highest BCUT2D eigenvalue weighted by atomic mass is 16.5. The molecular weight excluding hydrogens is 330 g/mol. The molecule has 2 amide bonds. The Morgan fingerprint density at radius 2 is 2.00 bits per heavy atom. The first kappa shape index (κ1) is 18.5. The van der Waals surface area contributed by atoms with E-state index in [1.807, 2.05) is 32.0 Å². The second-order valence-electron chi connectivity index (χ2n) is 6.99. The Kier molecular flexibility index (Phi) is 5.61. The molecule has 2 N–H and O–H groups in total. The van der Waals surface area contributed by atoms with Gasteiger partial charge in [-0.1, -0.05) is 23.8 Å². The number of hydrogen-bond donors (Lipinski definition) is 2. The van der Waals surface area contributed by atoms with Crippen molar-refractivity contribution in [2.75, 3.05) is 26.2 Å². The Balaban J connectivity index is 2.05. The first-order valence-corrected chi connectivity index (χ1v) is 9.26. The molecule has 2 aliphatic rings. The molecule has 1 atom stereocenters. The van der Waals surface area contributed by atoms with E-state index in [0.717, 1.165) is 42.6 Å². The van der Waals surface area contributed by atoms with Crippen molar-refractivity contribution >= 4 is 12.0 Å². The van der Waals surface area contributed by atoms with Crippen molar-refractivity contribution in [3.63, 3.8) is 0 Å². The van der Waals surface area contributed by atoms with Crippen molar-refractivity contribution in [3.8, 4) is 0 Å². The van der Waals surface area contributed by atoms with Crippen LogP contribution in [0.3, 0.4) is 0 Å². The molecular formula is C20H27N3O3. The average Bonchev–Trinajstić information content (AvgIpc) is 3.09. The second kappa shape index (κ2) is 7.91. The number of hydrogen-bond acceptors (Lipinski definition) is 4. The van der Waals surface area contributed by atoms with Crippen molar-refractivity contribution in [3.05, 3.63) is 46.2 Å². The van der Waals surface area contributed by atoms with Crippen LogP contribution in [0, 0.1) is 13.8 Å². The maximum absolute atomic E-state index is 12.8. The highest BCUT2D eigenvalue weighted by Gasteiger charge is 2.35. The number of ether oxygens (including phenoxy) is 1. The monoisotopic (exact) mass is 357 g/mol. The lowest BCUT2D eigenvalue weighted by atomic mass is 9.91. The van der Waals surface area contributed by atoms with Gasteiger partial charge in [-0.15, -0.1) is 0 Å². The van der Waals surface area contributed by atoms with Gasteiger partial charge < -0.3 is 15.4 Å². The molecule has 1 fully saturated rings. The number of carbonyl (C=O) groups is 2. The van der Waals surface area contributed by atoms with Crippen molar-refractivity contribution in [2.24, 2.45) is 0 Å². The van der Waals surface area contributed by atoms with Gasteiger partial charge in [0.1, 0.15) is 0 Å². The van der Waals surface area contributed by atoms with Gasteiger partial charge in [0.15, 0.2) is 0 Å². The standard InChI is InChI=1S/C20H27N3O3/c1-4-26-19(24)17-16(12-23-9-5-6-10-23)21-20(25)22-18(17)15-11-13(2)7-8-14(15)3/h7-8,11,18H,4-6,9-10,12H2,1-3H3,(H2,21,22,25). The zero-order valence-electron chi connectivity index (χ0n) is 15.7. The third-order valence-corrected chi connectivity index (χ3v) is 4.98. The minimum atomic E-state index is -0.500. The largest absolute Gasteiger partial charge is 0.463 e. The van der Waals surface area contributed by atoms with Crippen LogP contribution in [-0.4, -0.2) is 43.1 Å². The number of nitrogens with zero attached hydrogens (tertiary/aromatic N) is 1. The van der Waals surface area contributed by atoms with Crippen LogP contribution in [0.1, 0.15) is 42.5 Å². The Morgan fingerprint density at radius 3 is 2.69 bits per heavy atom. The Hall–Kier alpha value is -2.34. The molecule has 140 valence electrons. The highest BCUT2D eigenvalue weighted by molar-refractivity contribution is 5.95. The predicted molar refractivity (Wildman–Crippen MR) is 99.7 cm³/mol. The first-order valence-electron chi connectivity index (χ1n) is 9.26. The lowest BCUT2D eigenvalue weighted by Gasteiger charge is -2.32. The van der Waals surface area contributed by atoms with Gasteiger partial charge in [-0.3, -0.25) is 4.90 Å². The van der Waals surface area contributed by atoms with Gasteiger partial charge in [-0.25, -0.2) is 9.59 Å². The van der Waals surface area contributed by atoms with E-state index in [9.17, 15) is 9.59 Å². The first-order chi connectivity index (χ1) is 12.5. The molecule has 6 nitrogen and oxygen atoms in total. The summed E-state index contributed by atoms with van der Waals surface area (Å²) in [4.78, 5) is 27.4. The predicted octanol–water partition coefficient (Wildman–Crippen LogP) is 2.57. The molecule has 1 aromatic carbocycles. The molecule has 1 aromatic rings. The molecule has 26 heavy (non-hydrogen) atoms. The molecule has 0 spiro atoms. The smallest absolute Gasteiger partial charge is 0.338 e. The quantitative estimate of drug-likeness (QED) is 0.795. The van der Waals surface area contributed by atoms with E-state index < -0.39 is 6.04 Å². The molecule has 2 aliphatic heterocycles. The van der Waals surface area contributed by atoms with E-state index in [2.05, 4.69) is 15.5 Å². The number of benzene rings is 1. The Morgan fingerprint density at radius 1 is 1.27 bits per heavy atom. The summed E-state index contributed by atoms with van der Waals surface area (Å²) < 4.78 is 5.33. The third-order valence-electron chi connectivity index (χ3n) is 4.98. The van der Waals surface area contributed by atoms with Crippen molar-refractivity contribution < 1.29 is 14.3 Å². The molecule has 0 bridgehead atoms. The fourth-order valence-corrected chi connectivity index (χ4v) is 3.66. The fourth-order valence-electron chi connectivity index (χ4n) is 3.66. The number of esters is 1. The van der Waals surface area contributed by atoms with Gasteiger partial charge in [0.25, 0.3) is 0 Å². The SMILES string of the molecule is CCOC(=O)C1=C(CN2CCCC2)NC(=O)NC1c1cc(C)ccc1C. The van der Waals surface area contributed by atoms with Crippen LogP contribution in [0.4, 0.5) is 4.79 Å². The normalized spacial score (nSPS) is 20.7. The third kappa shape index (κ3) is 3.90. The summed E-state index contributed by atoms with van der Waals surface area (Å²) >= 11 is 0. The summed E-state index contributed by atoms with van der Waals surface area (Å²) in [7, 11) is 0. The van der Waals surface area contributed by atoms with Crippen LogP contribution in [0.15, 0.2) is 29.5 Å². The van der Waals surface area contributed by atoms with Crippen molar-refractivity contribution in [1.82, 2.24) is 15.5 Å². The number of urea groups is 1. The minimum absolute atomic E-state index is 0.279. The maximum atomic E-state index is 12.8. The van der Waals surface area contributed by atoms with E-state index in [4.69, 9.17) is 4.74 Å². The Bertz CT molecular complexity index is 736. The van der Waals surface area contributed by atoms with E-state index >= 15 is 0 Å². The molecule has 2 heterocycles. The summed E-state index contributed by atoms with van der Waals surface area (Å²) in [5.74, 6) is -0.375. The van der Waals surface area contributed by atoms with Crippen molar-refractivity contribution in [2.45, 2.75) is 39.7 Å². The highest BCUT2D eigenvalue weighted by Crippen LogP contribution is 2.31. The number of carbonyl (C=O) groups excluding carboxylic acids is 2. The number of likely N-dealkylation sites (tertiary alicyclic amines) is 1. The number of amides is 2. The van der Waals surface area contributed by atoms with Crippen LogP contribution in [-0.2, 0) is 9.53 Å². The molecule has 3 rings (SSSR count). The lowest BCUT2D eigenvalue weighted by Crippen LogP contribution is -2.48. The van der Waals surface area contributed by atoms with Crippen LogP contribution >= 0.6 is 0 Å². The molecule has 6 heteroatoms. The van der Waals surface area contributed by atoms with Gasteiger partial charge in [0.05, 0.1) is 18.2 Å². The zero-order valence-corrected chi connectivity index (χ0v) is 15.7. The minimum Gasteiger partial charge on any atom is -0.463 e. The Labute approximate surface area is 154 Å². The molecule has 1 saturated heterocycles. The average molecular weight is 357 g/mol. The van der Waals surface area contributed by atoms with Crippen LogP contribution in [0.25, 0.3) is 0 Å². The molecule has 1 unspecified atom stereocenters. The summed E-state index contributed by atoms with van der Waals surface area (Å²) in [6, 6.07) is 5.29. The van der Waals surface area contributed by atoms with Gasteiger partial charge in [0.2, 0.25) is 0 Å². The van der Waals surface area contributed by atoms with Crippen LogP contribution in [0.5, 0.6) is 0 Å². The molecule has 0 radical (unpaired) electrons. The lowest BCUT2D eigenvalue weighted by molar-refractivity contribution is -0.139. The number of rotatable bonds is 5. The second-order valence-corrected chi connectivity index (χ2v) is 6.99. The molecule has 0 aliphatic carbocycles. The topological polar surface area (TPSA) is 70.7 Å². The molecule has 0 saturated carbocycles. The van der Waals surface area contributed by atoms with Gasteiger partial charge in [-0.05, 0) is 57.8 Å². The zero-order chi connectivity index (χ0) is 18.7. The summed E-state index contributed by atoms with van der Waals surface area (Å²) in [5.41, 5.74) is 4.21. The molecule has 0 aromatic heterocycles. The summed E-state index contributed by atoms with van der Waals surface area (Å²) in [6.45, 7) is 8.61. The summed E-state index contributed by atoms with van der Waals surface area (Å²) in [6.07, 6.45) is 2.29. The van der Waals surface area contributed by atoms with Gasteiger partial charge in [0, 0.05) is 12.2 Å². The van der Waals surface area contributed by atoms with Gasteiger partial charge >= 0.3 is 12.0 Å². The number of nitrogens with one attached hydrogen (secondary N) is 2.